The number of carboxylic acid groups (broad SMARTS) is 1. The van der Waals surface area contributed by atoms with Gasteiger partial charge in [-0.2, -0.15) is 0 Å². The Morgan fingerprint density at radius 3 is 2.43 bits per heavy atom. The van der Waals surface area contributed by atoms with Gasteiger partial charge in [-0.15, -0.1) is 11.6 Å². The molecule has 0 bridgehead atoms. The summed E-state index contributed by atoms with van der Waals surface area (Å²) in [7, 11) is 0. The van der Waals surface area contributed by atoms with Gasteiger partial charge in [-0.1, -0.05) is 23.7 Å². The van der Waals surface area contributed by atoms with Crippen LogP contribution < -0.4 is 5.11 Å². The first-order valence-electron chi connectivity index (χ1n) is 4.19. The first kappa shape index (κ1) is 11.3. The predicted octanol–water partition coefficient (Wildman–Crippen LogP) is 1.63. The van der Waals surface area contributed by atoms with Gasteiger partial charge in [-0.05, 0) is 30.5 Å². The molecule has 0 amide bonds. The normalized spacial score (nSPS) is 12.4. The smallest absolute Gasteiger partial charge is 0.0733 e. The highest BCUT2D eigenvalue weighted by molar-refractivity contribution is 6.30. The van der Waals surface area contributed by atoms with Gasteiger partial charge in [0.05, 0.1) is 11.3 Å². The number of alkyl halides is 1. The van der Waals surface area contributed by atoms with Crippen molar-refractivity contribution in [3.8, 4) is 0 Å². The highest BCUT2D eigenvalue weighted by Gasteiger charge is 2.05. The molecule has 0 aliphatic rings. The molecule has 0 radical (unpaired) electrons. The maximum Gasteiger partial charge on any atom is 0.0733 e. The Hall–Kier alpha value is -0.730. The first-order valence-corrected chi connectivity index (χ1v) is 5.00. The van der Waals surface area contributed by atoms with Crippen molar-refractivity contribution in [2.75, 3.05) is 0 Å². The van der Waals surface area contributed by atoms with E-state index in [2.05, 4.69) is 0 Å². The number of aryl methyl sites for hydroxylation is 1. The van der Waals surface area contributed by atoms with Crippen LogP contribution in [0.15, 0.2) is 24.3 Å². The lowest BCUT2D eigenvalue weighted by Crippen LogP contribution is -2.32. The van der Waals surface area contributed by atoms with E-state index in [1.807, 2.05) is 12.1 Å². The van der Waals surface area contributed by atoms with Gasteiger partial charge in [-0.3, -0.25) is 0 Å². The fraction of sp³-hybridized carbons (Fsp3) is 0.300. The molecule has 0 aliphatic heterocycles. The van der Waals surface area contributed by atoms with Crippen LogP contribution in [-0.2, 0) is 11.2 Å². The van der Waals surface area contributed by atoms with Crippen molar-refractivity contribution in [2.24, 2.45) is 0 Å². The number of carbonyl (C=O) groups is 1. The molecule has 0 N–H and O–H groups in total. The molecule has 0 heterocycles. The third-order valence-corrected chi connectivity index (χ3v) is 2.50. The summed E-state index contributed by atoms with van der Waals surface area (Å²) in [4.78, 5) is 10.3. The average Bonchev–Trinajstić information content (AvgIpc) is 2.16. The quantitative estimate of drug-likeness (QED) is 0.740. The van der Waals surface area contributed by atoms with Gasteiger partial charge in [0.1, 0.15) is 0 Å². The van der Waals surface area contributed by atoms with Crippen LogP contribution in [0.1, 0.15) is 12.0 Å². The van der Waals surface area contributed by atoms with Gasteiger partial charge >= 0.3 is 0 Å². The van der Waals surface area contributed by atoms with E-state index in [4.69, 9.17) is 23.2 Å². The van der Waals surface area contributed by atoms with Crippen LogP contribution in [0.25, 0.3) is 0 Å². The molecule has 1 atom stereocenters. The van der Waals surface area contributed by atoms with E-state index >= 15 is 0 Å². The molecule has 0 saturated heterocycles. The Morgan fingerprint density at radius 2 is 1.93 bits per heavy atom. The summed E-state index contributed by atoms with van der Waals surface area (Å²) in [6, 6.07) is 7.22. The van der Waals surface area contributed by atoms with Crippen LogP contribution in [0.2, 0.25) is 5.02 Å². The van der Waals surface area contributed by atoms with Gasteiger partial charge in [0.25, 0.3) is 0 Å². The van der Waals surface area contributed by atoms with E-state index in [1.54, 1.807) is 12.1 Å². The van der Waals surface area contributed by atoms with Crippen LogP contribution in [0.3, 0.4) is 0 Å². The molecular formula is C10H9Cl2O2-. The SMILES string of the molecule is O=C([O-])C(Cl)CCc1ccc(Cl)cc1. The first-order chi connectivity index (χ1) is 6.59. The Balaban J connectivity index is 2.46. The summed E-state index contributed by atoms with van der Waals surface area (Å²) in [5.74, 6) is -1.22. The van der Waals surface area contributed by atoms with Crippen LogP contribution in [0, 0.1) is 0 Å². The maximum atomic E-state index is 10.3. The highest BCUT2D eigenvalue weighted by Crippen LogP contribution is 2.13. The molecule has 0 aliphatic carbocycles. The number of hydrogen-bond donors (Lipinski definition) is 0. The second-order valence-electron chi connectivity index (χ2n) is 2.95. The van der Waals surface area contributed by atoms with Crippen LogP contribution in [0.4, 0.5) is 0 Å². The zero-order valence-electron chi connectivity index (χ0n) is 7.37. The zero-order valence-corrected chi connectivity index (χ0v) is 8.89. The molecule has 1 unspecified atom stereocenters. The minimum Gasteiger partial charge on any atom is -0.549 e. The van der Waals surface area contributed by atoms with Crippen molar-refractivity contribution in [3.63, 3.8) is 0 Å². The molecule has 1 aromatic carbocycles. The van der Waals surface area contributed by atoms with Crippen molar-refractivity contribution in [3.05, 3.63) is 34.9 Å². The molecular weight excluding hydrogens is 223 g/mol. The molecule has 1 aromatic rings. The molecule has 0 saturated carbocycles. The van der Waals surface area contributed by atoms with Gasteiger partial charge in [-0.25, -0.2) is 0 Å². The second-order valence-corrected chi connectivity index (χ2v) is 3.91. The number of carboxylic acids is 1. The number of rotatable bonds is 4. The van der Waals surface area contributed by atoms with Crippen molar-refractivity contribution in [1.29, 1.82) is 0 Å². The predicted molar refractivity (Wildman–Crippen MR) is 54.4 cm³/mol. The third kappa shape index (κ3) is 3.56. The molecule has 4 heteroatoms. The van der Waals surface area contributed by atoms with Crippen LogP contribution in [0.5, 0.6) is 0 Å². The van der Waals surface area contributed by atoms with Crippen molar-refractivity contribution < 1.29 is 9.90 Å². The number of halogens is 2. The van der Waals surface area contributed by atoms with Gasteiger partial charge < -0.3 is 9.90 Å². The Morgan fingerprint density at radius 1 is 1.36 bits per heavy atom. The van der Waals surface area contributed by atoms with Gasteiger partial charge in [0.15, 0.2) is 0 Å². The second kappa shape index (κ2) is 5.23. The van der Waals surface area contributed by atoms with E-state index < -0.39 is 11.3 Å². The highest BCUT2D eigenvalue weighted by atomic mass is 35.5. The summed E-state index contributed by atoms with van der Waals surface area (Å²) >= 11 is 11.2. The Kier molecular flexibility index (Phi) is 4.23. The molecule has 1 rings (SSSR count). The molecule has 14 heavy (non-hydrogen) atoms. The summed E-state index contributed by atoms with van der Waals surface area (Å²) in [5, 5.41) is 10.0. The standard InChI is InChI=1S/C10H10Cl2O2/c11-8-4-1-7(2-5-8)3-6-9(12)10(13)14/h1-2,4-5,9H,3,6H2,(H,13,14)/p-1. The van der Waals surface area contributed by atoms with Crippen molar-refractivity contribution in [1.82, 2.24) is 0 Å². The largest absolute Gasteiger partial charge is 0.549 e. The van der Waals surface area contributed by atoms with E-state index in [1.165, 1.54) is 0 Å². The number of aliphatic carboxylic acids is 1. The van der Waals surface area contributed by atoms with E-state index in [0.29, 0.717) is 17.9 Å². The number of hydrogen-bond acceptors (Lipinski definition) is 2. The molecule has 76 valence electrons. The number of benzene rings is 1. The van der Waals surface area contributed by atoms with E-state index in [-0.39, 0.29) is 0 Å². The molecule has 0 spiro atoms. The van der Waals surface area contributed by atoms with Gasteiger partial charge in [0.2, 0.25) is 0 Å². The summed E-state index contributed by atoms with van der Waals surface area (Å²) in [6.07, 6.45) is 0.977. The Bertz CT molecular complexity index is 308. The lowest BCUT2D eigenvalue weighted by Gasteiger charge is -2.09. The molecule has 0 fully saturated rings. The van der Waals surface area contributed by atoms with Crippen molar-refractivity contribution >= 4 is 29.2 Å². The van der Waals surface area contributed by atoms with Gasteiger partial charge in [0, 0.05) is 5.02 Å². The maximum absolute atomic E-state index is 10.3. The topological polar surface area (TPSA) is 40.1 Å². The monoisotopic (exact) mass is 231 g/mol. The fourth-order valence-electron chi connectivity index (χ4n) is 1.06. The summed E-state index contributed by atoms with van der Waals surface area (Å²) in [5.41, 5.74) is 1.02. The molecule has 0 aromatic heterocycles. The minimum absolute atomic E-state index is 0.367. The van der Waals surface area contributed by atoms with Crippen LogP contribution >= 0.6 is 23.2 Å². The lowest BCUT2D eigenvalue weighted by molar-refractivity contribution is -0.305. The van der Waals surface area contributed by atoms with E-state index in [0.717, 1.165) is 5.56 Å². The lowest BCUT2D eigenvalue weighted by atomic mass is 10.1. The Labute approximate surface area is 92.5 Å². The average molecular weight is 232 g/mol. The third-order valence-electron chi connectivity index (χ3n) is 1.86. The zero-order chi connectivity index (χ0) is 10.6. The fourth-order valence-corrected chi connectivity index (χ4v) is 1.30. The van der Waals surface area contributed by atoms with E-state index in [9.17, 15) is 9.90 Å². The van der Waals surface area contributed by atoms with Crippen molar-refractivity contribution in [2.45, 2.75) is 18.2 Å². The molecule has 2 nitrogen and oxygen atoms in total. The summed E-state index contributed by atoms with van der Waals surface area (Å²) in [6.45, 7) is 0. The minimum atomic E-state index is -1.22. The van der Waals surface area contributed by atoms with Crippen LogP contribution in [-0.4, -0.2) is 11.3 Å². The number of carbonyl (C=O) groups excluding carboxylic acids is 1. The summed E-state index contributed by atoms with van der Waals surface area (Å²) < 4.78 is 0.